The lowest BCUT2D eigenvalue weighted by Gasteiger charge is -2.24. The summed E-state index contributed by atoms with van der Waals surface area (Å²) in [5.74, 6) is 0.924. The largest absolute Gasteiger partial charge is 0.344 e. The van der Waals surface area contributed by atoms with E-state index in [2.05, 4.69) is 17.9 Å². The van der Waals surface area contributed by atoms with Crippen LogP contribution in [0.15, 0.2) is 6.20 Å². The summed E-state index contributed by atoms with van der Waals surface area (Å²) in [6.07, 6.45) is 6.43. The molecule has 0 radical (unpaired) electrons. The third-order valence-electron chi connectivity index (χ3n) is 2.36. The van der Waals surface area contributed by atoms with E-state index in [1.54, 1.807) is 5.30 Å². The van der Waals surface area contributed by atoms with Gasteiger partial charge in [0.25, 0.3) is 0 Å². The molecule has 1 aromatic rings. The molecule has 10 heavy (non-hydrogen) atoms. The van der Waals surface area contributed by atoms with Gasteiger partial charge in [0.2, 0.25) is 0 Å². The van der Waals surface area contributed by atoms with E-state index in [0.717, 1.165) is 5.92 Å². The fourth-order valence-electron chi connectivity index (χ4n) is 1.46. The van der Waals surface area contributed by atoms with Crippen LogP contribution in [0.3, 0.4) is 0 Å². The summed E-state index contributed by atoms with van der Waals surface area (Å²) in [7, 11) is 1.35. The Morgan fingerprint density at radius 2 is 2.40 bits per heavy atom. The second-order valence-electron chi connectivity index (χ2n) is 3.08. The fourth-order valence-corrected chi connectivity index (χ4v) is 2.53. The molecule has 0 unspecified atom stereocenters. The molecule has 1 aliphatic rings. The van der Waals surface area contributed by atoms with Crippen molar-refractivity contribution in [3.8, 4) is 0 Å². The van der Waals surface area contributed by atoms with Gasteiger partial charge < -0.3 is 4.75 Å². The zero-order valence-corrected chi connectivity index (χ0v) is 7.12. The van der Waals surface area contributed by atoms with E-state index in [0.29, 0.717) is 0 Å². The van der Waals surface area contributed by atoms with E-state index in [-0.39, 0.29) is 0 Å². The highest BCUT2D eigenvalue weighted by Gasteiger charge is 2.21. The first-order valence-electron chi connectivity index (χ1n) is 3.88. The van der Waals surface area contributed by atoms with E-state index in [9.17, 15) is 0 Å². The molecule has 0 amide bonds. The van der Waals surface area contributed by atoms with Gasteiger partial charge in [-0.25, -0.2) is 0 Å². The average molecular weight is 153 g/mol. The van der Waals surface area contributed by atoms with Gasteiger partial charge in [-0.05, 0) is 31.2 Å². The normalized spacial score (nSPS) is 19.7. The summed E-state index contributed by atoms with van der Waals surface area (Å²) in [4.78, 5) is 0. The number of H-pyrrole nitrogens is 1. The second-order valence-corrected chi connectivity index (χ2v) is 4.04. The highest BCUT2D eigenvalue weighted by molar-refractivity contribution is 7.26. The maximum absolute atomic E-state index is 3.24. The molecule has 0 spiro atoms. The molecule has 1 fully saturated rings. The summed E-state index contributed by atoms with van der Waals surface area (Å²) in [6.45, 7) is 2.21. The second kappa shape index (κ2) is 2.39. The van der Waals surface area contributed by atoms with Gasteiger partial charge in [-0.1, -0.05) is 6.42 Å². The first kappa shape index (κ1) is 6.42. The molecule has 0 atom stereocenters. The Kier molecular flexibility index (Phi) is 1.54. The van der Waals surface area contributed by atoms with Crippen molar-refractivity contribution in [1.29, 1.82) is 0 Å². The van der Waals surface area contributed by atoms with Gasteiger partial charge >= 0.3 is 0 Å². The van der Waals surface area contributed by atoms with Crippen LogP contribution < -0.4 is 0 Å². The van der Waals surface area contributed by atoms with Gasteiger partial charge in [0, 0.05) is 19.8 Å². The van der Waals surface area contributed by atoms with Crippen LogP contribution in [0.5, 0.6) is 0 Å². The van der Waals surface area contributed by atoms with Gasteiger partial charge in [0.05, 0.1) is 0 Å². The van der Waals surface area contributed by atoms with Gasteiger partial charge in [-0.2, -0.15) is 0 Å². The van der Waals surface area contributed by atoms with Crippen LogP contribution in [0, 0.1) is 6.92 Å². The molecule has 2 heteroatoms. The SMILES string of the molecule is Cc1c[nH]pc1C1CCC1. The van der Waals surface area contributed by atoms with Gasteiger partial charge in [0.15, 0.2) is 0 Å². The molecular weight excluding hydrogens is 141 g/mol. The summed E-state index contributed by atoms with van der Waals surface area (Å²) >= 11 is 0. The van der Waals surface area contributed by atoms with Crippen molar-refractivity contribution >= 4 is 8.35 Å². The van der Waals surface area contributed by atoms with Crippen LogP contribution in [-0.2, 0) is 0 Å². The minimum Gasteiger partial charge on any atom is -0.344 e. The smallest absolute Gasteiger partial charge is 0.0144 e. The van der Waals surface area contributed by atoms with Crippen molar-refractivity contribution < 1.29 is 0 Å². The number of nitrogens with one attached hydrogen (secondary N) is 1. The zero-order valence-electron chi connectivity index (χ0n) is 6.22. The number of hydrogen-bond donors (Lipinski definition) is 1. The van der Waals surface area contributed by atoms with Crippen molar-refractivity contribution in [2.24, 2.45) is 0 Å². The highest BCUT2D eigenvalue weighted by Crippen LogP contribution is 2.41. The Labute approximate surface area is 63.0 Å². The van der Waals surface area contributed by atoms with Crippen molar-refractivity contribution in [1.82, 2.24) is 4.75 Å². The third kappa shape index (κ3) is 0.894. The van der Waals surface area contributed by atoms with E-state index in [4.69, 9.17) is 0 Å². The molecule has 1 heterocycles. The van der Waals surface area contributed by atoms with Crippen LogP contribution >= 0.6 is 8.35 Å². The van der Waals surface area contributed by atoms with Crippen LogP contribution in [0.1, 0.15) is 36.0 Å². The Hall–Kier alpha value is -0.290. The molecule has 54 valence electrons. The molecule has 1 aliphatic carbocycles. The molecule has 1 N–H and O–H groups in total. The topological polar surface area (TPSA) is 15.8 Å². The lowest BCUT2D eigenvalue weighted by Crippen LogP contribution is -2.07. The van der Waals surface area contributed by atoms with Gasteiger partial charge in [-0.3, -0.25) is 0 Å². The molecule has 0 aliphatic heterocycles. The first-order valence-corrected chi connectivity index (χ1v) is 4.77. The number of aromatic amines is 1. The van der Waals surface area contributed by atoms with Gasteiger partial charge in [0.1, 0.15) is 0 Å². The molecule has 1 saturated carbocycles. The first-order chi connectivity index (χ1) is 4.88. The summed E-state index contributed by atoms with van der Waals surface area (Å²) in [6, 6.07) is 0. The monoisotopic (exact) mass is 153 g/mol. The maximum atomic E-state index is 3.24. The summed E-state index contributed by atoms with van der Waals surface area (Å²) in [5.41, 5.74) is 1.48. The molecule has 1 nitrogen and oxygen atoms in total. The lowest BCUT2D eigenvalue weighted by atomic mass is 9.83. The Bertz CT molecular complexity index is 225. The minimum atomic E-state index is 0.924. The minimum absolute atomic E-state index is 0.924. The van der Waals surface area contributed by atoms with E-state index in [1.807, 2.05) is 0 Å². The molecule has 2 rings (SSSR count). The molecular formula is C8H12NP. The quantitative estimate of drug-likeness (QED) is 0.637. The lowest BCUT2D eigenvalue weighted by molar-refractivity contribution is 0.424. The fraction of sp³-hybridized carbons (Fsp3) is 0.625. The Morgan fingerprint density at radius 1 is 1.60 bits per heavy atom. The van der Waals surface area contributed by atoms with Crippen molar-refractivity contribution in [2.75, 3.05) is 0 Å². The van der Waals surface area contributed by atoms with E-state index >= 15 is 0 Å². The highest BCUT2D eigenvalue weighted by atomic mass is 31.0. The number of aromatic nitrogens is 1. The van der Waals surface area contributed by atoms with Crippen LogP contribution in [0.4, 0.5) is 0 Å². The number of aryl methyl sites for hydroxylation is 1. The predicted molar refractivity (Wildman–Crippen MR) is 44.6 cm³/mol. The molecule has 0 aromatic carbocycles. The standard InChI is InChI=1S/C8H12NP/c1-6-5-9-10-8(6)7-3-2-4-7/h5,7,9H,2-4H2,1H3. The van der Waals surface area contributed by atoms with Crippen molar-refractivity contribution in [3.63, 3.8) is 0 Å². The molecule has 1 aromatic heterocycles. The van der Waals surface area contributed by atoms with E-state index < -0.39 is 0 Å². The third-order valence-corrected chi connectivity index (χ3v) is 3.58. The zero-order chi connectivity index (χ0) is 6.97. The molecule has 0 saturated heterocycles. The Balaban J connectivity index is 2.23. The average Bonchev–Trinajstić information content (AvgIpc) is 2.12. The summed E-state index contributed by atoms with van der Waals surface area (Å²) < 4.78 is 3.24. The van der Waals surface area contributed by atoms with E-state index in [1.165, 1.54) is 33.2 Å². The van der Waals surface area contributed by atoms with Crippen LogP contribution in [0.25, 0.3) is 0 Å². The summed E-state index contributed by atoms with van der Waals surface area (Å²) in [5, 5.41) is 1.64. The number of hydrogen-bond acceptors (Lipinski definition) is 0. The Morgan fingerprint density at radius 3 is 2.80 bits per heavy atom. The maximum Gasteiger partial charge on any atom is 0.0144 e. The number of rotatable bonds is 1. The molecule has 0 bridgehead atoms. The van der Waals surface area contributed by atoms with Crippen molar-refractivity contribution in [2.45, 2.75) is 32.1 Å². The van der Waals surface area contributed by atoms with Crippen LogP contribution in [0.2, 0.25) is 0 Å². The van der Waals surface area contributed by atoms with Gasteiger partial charge in [-0.15, -0.1) is 0 Å². The van der Waals surface area contributed by atoms with Crippen LogP contribution in [-0.4, -0.2) is 4.75 Å². The van der Waals surface area contributed by atoms with Crippen molar-refractivity contribution in [3.05, 3.63) is 17.1 Å². The predicted octanol–water partition coefficient (Wildman–Crippen LogP) is 3.17.